The molecule has 0 aliphatic heterocycles. The first-order chi connectivity index (χ1) is 16.4. The van der Waals surface area contributed by atoms with Gasteiger partial charge in [-0.1, -0.05) is 86.7 Å². The maximum Gasteiger partial charge on any atom is 0.196 e. The van der Waals surface area contributed by atoms with Crippen molar-refractivity contribution in [3.8, 4) is 11.5 Å². The Morgan fingerprint density at radius 1 is 0.765 bits per heavy atom. The molecule has 0 saturated heterocycles. The Kier molecular flexibility index (Phi) is 9.30. The SMILES string of the molecule is CCOC(C)Oc1ccc(C=C(C=Cc2ccc(O)cc2)C=Cc2ccc(C(C)C)cc2)cc1. The molecule has 176 valence electrons. The minimum Gasteiger partial charge on any atom is -0.508 e. The molecule has 0 aliphatic carbocycles. The maximum absolute atomic E-state index is 9.54. The van der Waals surface area contributed by atoms with Crippen molar-refractivity contribution in [2.45, 2.75) is 39.9 Å². The average Bonchev–Trinajstić information content (AvgIpc) is 2.83. The number of rotatable bonds is 10. The molecule has 0 amide bonds. The van der Waals surface area contributed by atoms with Crippen LogP contribution in [0.3, 0.4) is 0 Å². The fourth-order valence-corrected chi connectivity index (χ4v) is 3.41. The lowest BCUT2D eigenvalue weighted by Crippen LogP contribution is -2.15. The second-order valence-corrected chi connectivity index (χ2v) is 8.43. The van der Waals surface area contributed by atoms with Gasteiger partial charge in [0, 0.05) is 6.61 Å². The van der Waals surface area contributed by atoms with E-state index in [4.69, 9.17) is 9.47 Å². The standard InChI is InChI=1S/C31H34O3/c1-5-33-24(4)34-31-20-14-28(15-21-31)22-27(9-7-26-12-18-30(32)19-13-26)8-6-25-10-16-29(17-11-25)23(2)3/h6-24,32H,5H2,1-4H3. The lowest BCUT2D eigenvalue weighted by atomic mass is 10.0. The van der Waals surface area contributed by atoms with E-state index < -0.39 is 0 Å². The first kappa shape index (κ1) is 25.1. The van der Waals surface area contributed by atoms with E-state index in [1.54, 1.807) is 12.1 Å². The van der Waals surface area contributed by atoms with Crippen LogP contribution in [-0.4, -0.2) is 18.0 Å². The van der Waals surface area contributed by atoms with Crippen LogP contribution >= 0.6 is 0 Å². The molecule has 0 bridgehead atoms. The molecule has 3 rings (SSSR count). The Balaban J connectivity index is 1.82. The molecule has 0 aliphatic rings. The normalized spacial score (nSPS) is 13.1. The predicted octanol–water partition coefficient (Wildman–Crippen LogP) is 8.09. The lowest BCUT2D eigenvalue weighted by molar-refractivity contribution is -0.0613. The van der Waals surface area contributed by atoms with E-state index in [0.717, 1.165) is 28.0 Å². The predicted molar refractivity (Wildman–Crippen MR) is 143 cm³/mol. The lowest BCUT2D eigenvalue weighted by Gasteiger charge is -2.14. The summed E-state index contributed by atoms with van der Waals surface area (Å²) in [6.07, 6.45) is 10.2. The van der Waals surface area contributed by atoms with Crippen molar-refractivity contribution in [2.75, 3.05) is 6.61 Å². The monoisotopic (exact) mass is 454 g/mol. The zero-order chi connectivity index (χ0) is 24.3. The molecule has 0 fully saturated rings. The highest BCUT2D eigenvalue weighted by Gasteiger charge is 2.02. The number of phenols is 1. The summed E-state index contributed by atoms with van der Waals surface area (Å²) in [6, 6.07) is 23.8. The third-order valence-corrected chi connectivity index (χ3v) is 5.35. The molecule has 3 aromatic carbocycles. The van der Waals surface area contributed by atoms with Gasteiger partial charge < -0.3 is 14.6 Å². The van der Waals surface area contributed by atoms with Crippen LogP contribution in [0.1, 0.15) is 55.9 Å². The van der Waals surface area contributed by atoms with Crippen molar-refractivity contribution in [2.24, 2.45) is 0 Å². The van der Waals surface area contributed by atoms with E-state index in [1.165, 1.54) is 5.56 Å². The van der Waals surface area contributed by atoms with Crippen LogP contribution < -0.4 is 4.74 Å². The van der Waals surface area contributed by atoms with Crippen LogP contribution in [0.25, 0.3) is 18.2 Å². The molecule has 1 atom stereocenters. The number of benzene rings is 3. The molecule has 1 unspecified atom stereocenters. The van der Waals surface area contributed by atoms with E-state index in [-0.39, 0.29) is 12.0 Å². The highest BCUT2D eigenvalue weighted by atomic mass is 16.7. The highest BCUT2D eigenvalue weighted by molar-refractivity contribution is 5.68. The van der Waals surface area contributed by atoms with Gasteiger partial charge in [-0.05, 0) is 77.9 Å². The molecule has 0 spiro atoms. The molecule has 0 heterocycles. The van der Waals surface area contributed by atoms with Crippen molar-refractivity contribution in [1.29, 1.82) is 0 Å². The largest absolute Gasteiger partial charge is 0.508 e. The number of hydrogen-bond donors (Lipinski definition) is 1. The molecular formula is C31H34O3. The summed E-state index contributed by atoms with van der Waals surface area (Å²) in [5, 5.41) is 9.54. The molecular weight excluding hydrogens is 420 g/mol. The Bertz CT molecular complexity index is 1100. The Hall–Kier alpha value is -3.56. The molecule has 34 heavy (non-hydrogen) atoms. The van der Waals surface area contributed by atoms with Crippen molar-refractivity contribution < 1.29 is 14.6 Å². The van der Waals surface area contributed by atoms with E-state index in [1.807, 2.05) is 56.3 Å². The second-order valence-electron chi connectivity index (χ2n) is 8.43. The topological polar surface area (TPSA) is 38.7 Å². The molecule has 0 radical (unpaired) electrons. The number of aromatic hydroxyl groups is 1. The van der Waals surface area contributed by atoms with Crippen LogP contribution in [-0.2, 0) is 4.74 Å². The fraction of sp³-hybridized carbons (Fsp3) is 0.226. The minimum atomic E-state index is -0.278. The Labute approximate surface area is 203 Å². The third kappa shape index (κ3) is 8.09. The maximum atomic E-state index is 9.54. The summed E-state index contributed by atoms with van der Waals surface area (Å²) in [5.41, 5.74) is 5.63. The van der Waals surface area contributed by atoms with Gasteiger partial charge in [0.25, 0.3) is 0 Å². The molecule has 1 N–H and O–H groups in total. The fourth-order valence-electron chi connectivity index (χ4n) is 3.41. The Morgan fingerprint density at radius 2 is 1.29 bits per heavy atom. The minimum absolute atomic E-state index is 0.263. The van der Waals surface area contributed by atoms with Crippen LogP contribution in [0.15, 0.2) is 90.5 Å². The summed E-state index contributed by atoms with van der Waals surface area (Å²) < 4.78 is 11.2. The summed E-state index contributed by atoms with van der Waals surface area (Å²) in [6.45, 7) is 8.86. The van der Waals surface area contributed by atoms with Crippen molar-refractivity contribution in [3.63, 3.8) is 0 Å². The Morgan fingerprint density at radius 3 is 1.82 bits per heavy atom. The van der Waals surface area contributed by atoms with Gasteiger partial charge in [0.1, 0.15) is 11.5 Å². The quantitative estimate of drug-likeness (QED) is 0.248. The number of ether oxygens (including phenoxy) is 2. The summed E-state index contributed by atoms with van der Waals surface area (Å²) >= 11 is 0. The van der Waals surface area contributed by atoms with Gasteiger partial charge in [-0.2, -0.15) is 0 Å². The van der Waals surface area contributed by atoms with Crippen LogP contribution in [0.2, 0.25) is 0 Å². The number of allylic oxidation sites excluding steroid dienone is 3. The van der Waals surface area contributed by atoms with Crippen LogP contribution in [0.4, 0.5) is 0 Å². The number of hydrogen-bond acceptors (Lipinski definition) is 3. The number of phenolic OH excluding ortho intramolecular Hbond substituents is 1. The van der Waals surface area contributed by atoms with Gasteiger partial charge in [0.05, 0.1) is 0 Å². The molecule has 0 aromatic heterocycles. The van der Waals surface area contributed by atoms with E-state index in [2.05, 4.69) is 62.4 Å². The zero-order valence-electron chi connectivity index (χ0n) is 20.4. The van der Waals surface area contributed by atoms with Crippen molar-refractivity contribution >= 4 is 18.2 Å². The van der Waals surface area contributed by atoms with Gasteiger partial charge in [0.15, 0.2) is 6.29 Å². The van der Waals surface area contributed by atoms with Gasteiger partial charge in [-0.3, -0.25) is 0 Å². The molecule has 3 nitrogen and oxygen atoms in total. The molecule has 3 aromatic rings. The van der Waals surface area contributed by atoms with E-state index >= 15 is 0 Å². The van der Waals surface area contributed by atoms with Gasteiger partial charge >= 0.3 is 0 Å². The zero-order valence-corrected chi connectivity index (χ0v) is 20.4. The second kappa shape index (κ2) is 12.6. The van der Waals surface area contributed by atoms with E-state index in [9.17, 15) is 5.11 Å². The summed E-state index contributed by atoms with van der Waals surface area (Å²) in [5.74, 6) is 1.56. The average molecular weight is 455 g/mol. The van der Waals surface area contributed by atoms with Crippen LogP contribution in [0, 0.1) is 0 Å². The van der Waals surface area contributed by atoms with Crippen molar-refractivity contribution in [1.82, 2.24) is 0 Å². The van der Waals surface area contributed by atoms with Gasteiger partial charge in [-0.25, -0.2) is 0 Å². The molecule has 3 heteroatoms. The van der Waals surface area contributed by atoms with Crippen LogP contribution in [0.5, 0.6) is 11.5 Å². The van der Waals surface area contributed by atoms with Gasteiger partial charge in [0.2, 0.25) is 0 Å². The summed E-state index contributed by atoms with van der Waals surface area (Å²) in [7, 11) is 0. The summed E-state index contributed by atoms with van der Waals surface area (Å²) in [4.78, 5) is 0. The highest BCUT2D eigenvalue weighted by Crippen LogP contribution is 2.20. The first-order valence-corrected chi connectivity index (χ1v) is 11.8. The van der Waals surface area contributed by atoms with Gasteiger partial charge in [-0.15, -0.1) is 0 Å². The third-order valence-electron chi connectivity index (χ3n) is 5.35. The molecule has 0 saturated carbocycles. The van der Waals surface area contributed by atoms with E-state index in [0.29, 0.717) is 12.5 Å². The first-order valence-electron chi connectivity index (χ1n) is 11.8. The smallest absolute Gasteiger partial charge is 0.196 e. The van der Waals surface area contributed by atoms with Crippen molar-refractivity contribution in [3.05, 3.63) is 113 Å².